The Hall–Kier alpha value is -1.65. The van der Waals surface area contributed by atoms with Crippen LogP contribution in [0.4, 0.5) is 5.82 Å². The summed E-state index contributed by atoms with van der Waals surface area (Å²) in [7, 11) is 1.88. The second-order valence-corrected chi connectivity index (χ2v) is 4.24. The topological polar surface area (TPSA) is 66.3 Å². The molecule has 0 aliphatic heterocycles. The van der Waals surface area contributed by atoms with Crippen LogP contribution in [-0.2, 0) is 0 Å². The number of carbonyl (C=O) groups is 1. The van der Waals surface area contributed by atoms with Crippen LogP contribution in [0.3, 0.4) is 0 Å². The maximum absolute atomic E-state index is 11.0. The van der Waals surface area contributed by atoms with Gasteiger partial charge < -0.3 is 10.0 Å². The third-order valence-electron chi connectivity index (χ3n) is 3.04. The molecule has 2 rings (SSSR count). The van der Waals surface area contributed by atoms with E-state index in [9.17, 15) is 4.79 Å². The first-order chi connectivity index (χ1) is 7.68. The number of hydrogen-bond donors (Lipinski definition) is 1. The Bertz CT molecular complexity index is 391. The molecule has 0 amide bonds. The van der Waals surface area contributed by atoms with Gasteiger partial charge in [0.1, 0.15) is 17.7 Å². The zero-order chi connectivity index (χ0) is 11.5. The Balaban J connectivity index is 2.14. The van der Waals surface area contributed by atoms with Crippen molar-refractivity contribution in [2.24, 2.45) is 5.92 Å². The van der Waals surface area contributed by atoms with Crippen LogP contribution in [0.15, 0.2) is 12.5 Å². The lowest BCUT2D eigenvalue weighted by Crippen LogP contribution is -2.31. The minimum absolute atomic E-state index is 0.171. The van der Waals surface area contributed by atoms with Crippen LogP contribution < -0.4 is 4.90 Å². The van der Waals surface area contributed by atoms with E-state index in [1.807, 2.05) is 11.9 Å². The van der Waals surface area contributed by atoms with Gasteiger partial charge in [0.15, 0.2) is 0 Å². The molecule has 1 aliphatic rings. The Morgan fingerprint density at radius 3 is 2.94 bits per heavy atom. The Labute approximate surface area is 94.1 Å². The molecule has 0 saturated heterocycles. The average Bonchev–Trinajstić information content (AvgIpc) is 2.23. The van der Waals surface area contributed by atoms with Gasteiger partial charge in [-0.1, -0.05) is 6.42 Å². The van der Waals surface area contributed by atoms with Gasteiger partial charge in [-0.3, -0.25) is 0 Å². The number of nitrogens with zero attached hydrogens (tertiary/aromatic N) is 3. The minimum atomic E-state index is -0.976. The van der Waals surface area contributed by atoms with Gasteiger partial charge in [-0.2, -0.15) is 0 Å². The molecule has 0 atom stereocenters. The van der Waals surface area contributed by atoms with Crippen molar-refractivity contribution >= 4 is 11.8 Å². The third-order valence-corrected chi connectivity index (χ3v) is 3.04. The predicted octanol–water partition coefficient (Wildman–Crippen LogP) is 1.41. The van der Waals surface area contributed by atoms with Gasteiger partial charge >= 0.3 is 5.97 Å². The van der Waals surface area contributed by atoms with Crippen molar-refractivity contribution in [3.8, 4) is 0 Å². The molecule has 16 heavy (non-hydrogen) atoms. The van der Waals surface area contributed by atoms with Crippen LogP contribution >= 0.6 is 0 Å². The van der Waals surface area contributed by atoms with Gasteiger partial charge in [0.25, 0.3) is 0 Å². The van der Waals surface area contributed by atoms with E-state index < -0.39 is 5.97 Å². The summed E-state index contributed by atoms with van der Waals surface area (Å²) in [5.74, 6) is 0.215. The molecule has 1 aromatic rings. The van der Waals surface area contributed by atoms with E-state index in [1.165, 1.54) is 31.8 Å². The van der Waals surface area contributed by atoms with Crippen molar-refractivity contribution in [1.82, 2.24) is 9.97 Å². The number of aromatic carboxylic acids is 1. The first-order valence-electron chi connectivity index (χ1n) is 5.43. The lowest BCUT2D eigenvalue weighted by atomic mass is 9.85. The predicted molar refractivity (Wildman–Crippen MR) is 59.6 cm³/mol. The maximum atomic E-state index is 11.0. The van der Waals surface area contributed by atoms with Crippen molar-refractivity contribution in [2.75, 3.05) is 18.5 Å². The fourth-order valence-corrected chi connectivity index (χ4v) is 1.93. The Morgan fingerprint density at radius 1 is 1.62 bits per heavy atom. The molecule has 1 aliphatic carbocycles. The van der Waals surface area contributed by atoms with Crippen LogP contribution in [0.1, 0.15) is 29.6 Å². The van der Waals surface area contributed by atoms with Crippen molar-refractivity contribution in [2.45, 2.75) is 19.3 Å². The van der Waals surface area contributed by atoms with Crippen molar-refractivity contribution in [3.63, 3.8) is 0 Å². The number of aromatic nitrogens is 2. The first-order valence-corrected chi connectivity index (χ1v) is 5.43. The lowest BCUT2D eigenvalue weighted by molar-refractivity contribution is 0.0696. The van der Waals surface area contributed by atoms with Crippen LogP contribution in [-0.4, -0.2) is 34.6 Å². The number of rotatable bonds is 4. The lowest BCUT2D eigenvalue weighted by Gasteiger charge is -2.31. The Morgan fingerprint density at radius 2 is 2.38 bits per heavy atom. The quantitative estimate of drug-likeness (QED) is 0.832. The molecule has 5 heteroatoms. The highest BCUT2D eigenvalue weighted by Crippen LogP contribution is 2.28. The highest BCUT2D eigenvalue weighted by molar-refractivity contribution is 5.92. The number of carboxylic acids is 1. The molecule has 1 saturated carbocycles. The van der Waals surface area contributed by atoms with E-state index >= 15 is 0 Å². The number of anilines is 1. The molecular formula is C11H15N3O2. The summed E-state index contributed by atoms with van der Waals surface area (Å²) in [6.07, 6.45) is 6.49. The second-order valence-electron chi connectivity index (χ2n) is 4.24. The minimum Gasteiger partial charge on any atom is -0.477 e. The van der Waals surface area contributed by atoms with Gasteiger partial charge in [-0.25, -0.2) is 14.8 Å². The highest BCUT2D eigenvalue weighted by atomic mass is 16.4. The Kier molecular flexibility index (Phi) is 3.03. The third kappa shape index (κ3) is 2.13. The highest BCUT2D eigenvalue weighted by Gasteiger charge is 2.22. The van der Waals surface area contributed by atoms with E-state index in [1.54, 1.807) is 0 Å². The summed E-state index contributed by atoms with van der Waals surface area (Å²) in [5.41, 5.74) is 0.171. The monoisotopic (exact) mass is 221 g/mol. The van der Waals surface area contributed by atoms with Crippen LogP contribution in [0.25, 0.3) is 0 Å². The molecule has 1 N–H and O–H groups in total. The van der Waals surface area contributed by atoms with E-state index in [4.69, 9.17) is 5.11 Å². The van der Waals surface area contributed by atoms with Gasteiger partial charge in [0, 0.05) is 19.8 Å². The molecule has 0 unspecified atom stereocenters. The number of carboxylic acid groups (broad SMARTS) is 1. The summed E-state index contributed by atoms with van der Waals surface area (Å²) in [4.78, 5) is 20.7. The average molecular weight is 221 g/mol. The fraction of sp³-hybridized carbons (Fsp3) is 0.545. The molecular weight excluding hydrogens is 206 g/mol. The van der Waals surface area contributed by atoms with E-state index in [0.717, 1.165) is 6.54 Å². The molecule has 5 nitrogen and oxygen atoms in total. The molecule has 1 aromatic heterocycles. The maximum Gasteiger partial charge on any atom is 0.341 e. The normalized spacial score (nSPS) is 15.6. The number of hydrogen-bond acceptors (Lipinski definition) is 4. The van der Waals surface area contributed by atoms with Crippen molar-refractivity contribution < 1.29 is 9.90 Å². The van der Waals surface area contributed by atoms with Gasteiger partial charge in [0.05, 0.1) is 0 Å². The van der Waals surface area contributed by atoms with Crippen LogP contribution in [0.2, 0.25) is 0 Å². The molecule has 0 spiro atoms. The zero-order valence-corrected chi connectivity index (χ0v) is 9.26. The molecule has 1 fully saturated rings. The van der Waals surface area contributed by atoms with Crippen molar-refractivity contribution in [3.05, 3.63) is 18.1 Å². The van der Waals surface area contributed by atoms with E-state index in [-0.39, 0.29) is 5.56 Å². The van der Waals surface area contributed by atoms with Gasteiger partial charge in [0.2, 0.25) is 0 Å². The van der Waals surface area contributed by atoms with E-state index in [2.05, 4.69) is 9.97 Å². The molecule has 1 heterocycles. The molecule has 86 valence electrons. The van der Waals surface area contributed by atoms with Crippen molar-refractivity contribution in [1.29, 1.82) is 0 Å². The van der Waals surface area contributed by atoms with Crippen LogP contribution in [0, 0.1) is 5.92 Å². The molecule has 0 aromatic carbocycles. The van der Waals surface area contributed by atoms with Crippen LogP contribution in [0.5, 0.6) is 0 Å². The largest absolute Gasteiger partial charge is 0.477 e. The standard InChI is InChI=1S/C11H15N3O2/c1-14(6-8-3-2-4-8)10-9(11(15)16)5-12-7-13-10/h5,7-8H,2-4,6H2,1H3,(H,15,16). The summed E-state index contributed by atoms with van der Waals surface area (Å²) in [6.45, 7) is 0.872. The van der Waals surface area contributed by atoms with Gasteiger partial charge in [-0.15, -0.1) is 0 Å². The van der Waals surface area contributed by atoms with E-state index in [0.29, 0.717) is 11.7 Å². The second kappa shape index (κ2) is 4.47. The SMILES string of the molecule is CN(CC1CCC1)c1ncncc1C(=O)O. The molecule has 0 bridgehead atoms. The zero-order valence-electron chi connectivity index (χ0n) is 9.26. The first kappa shape index (κ1) is 10.9. The summed E-state index contributed by atoms with van der Waals surface area (Å²) < 4.78 is 0. The van der Waals surface area contributed by atoms with Gasteiger partial charge in [-0.05, 0) is 18.8 Å². The summed E-state index contributed by atoms with van der Waals surface area (Å²) in [5, 5.41) is 9.01. The smallest absolute Gasteiger partial charge is 0.341 e. The summed E-state index contributed by atoms with van der Waals surface area (Å²) >= 11 is 0. The summed E-state index contributed by atoms with van der Waals surface area (Å²) in [6, 6.07) is 0. The fourth-order valence-electron chi connectivity index (χ4n) is 1.93. The molecule has 0 radical (unpaired) electrons.